The van der Waals surface area contributed by atoms with Crippen LogP contribution in [0.15, 0.2) is 54.6 Å². The predicted molar refractivity (Wildman–Crippen MR) is 142 cm³/mol. The fourth-order valence-corrected chi connectivity index (χ4v) is 5.63. The molecule has 0 fully saturated rings. The maximum absolute atomic E-state index is 15.3. The molecule has 1 aliphatic carbocycles. The summed E-state index contributed by atoms with van der Waals surface area (Å²) in [6.45, 7) is 4.43. The van der Waals surface area contributed by atoms with Gasteiger partial charge in [-0.3, -0.25) is 4.98 Å². The summed E-state index contributed by atoms with van der Waals surface area (Å²) in [5.41, 5.74) is 6.47. The van der Waals surface area contributed by atoms with Crippen LogP contribution < -0.4 is 0 Å². The van der Waals surface area contributed by atoms with Crippen LogP contribution in [0.2, 0.25) is 0 Å². The number of unbranched alkanes of at least 4 members (excludes halogenated alkanes) is 4. The number of hydrogen-bond acceptors (Lipinski definition) is 2. The fraction of sp³-hybridized carbons (Fsp3) is 0.438. The van der Waals surface area contributed by atoms with Gasteiger partial charge in [0.1, 0.15) is 11.2 Å². The van der Waals surface area contributed by atoms with Crippen LogP contribution in [0.1, 0.15) is 86.9 Å². The van der Waals surface area contributed by atoms with E-state index in [4.69, 9.17) is 4.98 Å². The molecule has 0 N–H and O–H groups in total. The number of aryl methyl sites for hydroxylation is 1. The molecule has 0 unspecified atom stereocenters. The molecule has 2 aromatic carbocycles. The molecule has 1 aromatic heterocycles. The Balaban J connectivity index is 1.92. The summed E-state index contributed by atoms with van der Waals surface area (Å²) >= 11 is 0. The number of benzene rings is 2. The first-order chi connectivity index (χ1) is 17.1. The van der Waals surface area contributed by atoms with Crippen molar-refractivity contribution in [1.29, 1.82) is 5.26 Å². The molecule has 3 heteroatoms. The molecule has 4 rings (SSSR count). The average Bonchev–Trinajstić information content (AvgIpc) is 3.23. The molecule has 0 saturated carbocycles. The highest BCUT2D eigenvalue weighted by atomic mass is 19.1. The van der Waals surface area contributed by atoms with Crippen molar-refractivity contribution in [2.75, 3.05) is 0 Å². The second-order valence-corrected chi connectivity index (χ2v) is 9.99. The van der Waals surface area contributed by atoms with Crippen LogP contribution in [-0.2, 0) is 31.1 Å². The van der Waals surface area contributed by atoms with E-state index < -0.39 is 5.41 Å². The van der Waals surface area contributed by atoms with Crippen LogP contribution >= 0.6 is 0 Å². The minimum atomic E-state index is -0.669. The first-order valence-electron chi connectivity index (χ1n) is 13.4. The first-order valence-corrected chi connectivity index (χ1v) is 13.4. The second kappa shape index (κ2) is 11.6. The molecule has 0 radical (unpaired) electrons. The minimum Gasteiger partial charge on any atom is -0.256 e. The molecule has 0 amide bonds. The molecule has 1 atom stereocenters. The van der Waals surface area contributed by atoms with E-state index in [-0.39, 0.29) is 5.82 Å². The number of nitrogens with zero attached hydrogens (tertiary/aromatic N) is 2. The summed E-state index contributed by atoms with van der Waals surface area (Å²) in [6, 6.07) is 20.1. The van der Waals surface area contributed by atoms with Crippen molar-refractivity contribution in [3.05, 3.63) is 88.5 Å². The van der Waals surface area contributed by atoms with Gasteiger partial charge in [-0.05, 0) is 73.3 Å². The van der Waals surface area contributed by atoms with E-state index >= 15 is 4.39 Å². The van der Waals surface area contributed by atoms with E-state index in [0.29, 0.717) is 12.0 Å². The van der Waals surface area contributed by atoms with Crippen LogP contribution in [0.25, 0.3) is 11.1 Å². The molecule has 0 bridgehead atoms. The Hall–Kier alpha value is -2.99. The van der Waals surface area contributed by atoms with Crippen molar-refractivity contribution in [3.8, 4) is 17.2 Å². The van der Waals surface area contributed by atoms with Gasteiger partial charge in [0, 0.05) is 11.3 Å². The summed E-state index contributed by atoms with van der Waals surface area (Å²) in [5.74, 6) is -0.185. The molecule has 1 heterocycles. The third kappa shape index (κ3) is 5.32. The fourth-order valence-electron chi connectivity index (χ4n) is 5.63. The largest absolute Gasteiger partial charge is 0.256 e. The summed E-state index contributed by atoms with van der Waals surface area (Å²) in [5, 5.41) is 10.5. The SMILES string of the molecule is CCCCCc1nc2c(c(-c3ccccc3F)c1CCCCC)CC[C@@]2(C#N)Cc1ccccc1. The molecular weight excluding hydrogens is 431 g/mol. The second-order valence-electron chi connectivity index (χ2n) is 9.99. The Morgan fingerprint density at radius 2 is 1.60 bits per heavy atom. The van der Waals surface area contributed by atoms with Crippen molar-refractivity contribution < 1.29 is 4.39 Å². The van der Waals surface area contributed by atoms with Crippen molar-refractivity contribution in [2.45, 2.75) is 89.9 Å². The van der Waals surface area contributed by atoms with Gasteiger partial charge in [0.05, 0.1) is 11.8 Å². The molecule has 2 nitrogen and oxygen atoms in total. The van der Waals surface area contributed by atoms with Crippen molar-refractivity contribution in [3.63, 3.8) is 0 Å². The van der Waals surface area contributed by atoms with Crippen molar-refractivity contribution in [2.24, 2.45) is 0 Å². The van der Waals surface area contributed by atoms with E-state index in [1.807, 2.05) is 30.3 Å². The van der Waals surface area contributed by atoms with Gasteiger partial charge in [0.15, 0.2) is 0 Å². The predicted octanol–water partition coefficient (Wildman–Crippen LogP) is 8.30. The Kier molecular flexibility index (Phi) is 8.34. The normalized spacial score (nSPS) is 16.7. The zero-order valence-corrected chi connectivity index (χ0v) is 21.2. The number of aromatic nitrogens is 1. The van der Waals surface area contributed by atoms with E-state index in [9.17, 15) is 5.26 Å². The number of pyridine rings is 1. The highest BCUT2D eigenvalue weighted by molar-refractivity contribution is 5.75. The minimum absolute atomic E-state index is 0.185. The van der Waals surface area contributed by atoms with Crippen LogP contribution in [0, 0.1) is 17.1 Å². The lowest BCUT2D eigenvalue weighted by molar-refractivity contribution is 0.526. The van der Waals surface area contributed by atoms with Gasteiger partial charge >= 0.3 is 0 Å². The zero-order valence-electron chi connectivity index (χ0n) is 21.2. The summed E-state index contributed by atoms with van der Waals surface area (Å²) in [6.07, 6.45) is 10.7. The lowest BCUT2D eigenvalue weighted by atomic mass is 9.79. The van der Waals surface area contributed by atoms with E-state index in [1.165, 1.54) is 5.56 Å². The highest BCUT2D eigenvalue weighted by Gasteiger charge is 2.43. The standard InChI is InChI=1S/C32H37FN2/c1-3-5-8-17-26-29(19-9-6-4-2)35-31-27(30(26)25-16-12-13-18-28(25)33)20-21-32(31,23-34)22-24-14-10-7-11-15-24/h7,10-16,18H,3-6,8-9,17,19-22H2,1-2H3/t32-/m0/s1. The topological polar surface area (TPSA) is 36.7 Å². The average molecular weight is 469 g/mol. The number of rotatable bonds is 11. The highest BCUT2D eigenvalue weighted by Crippen LogP contribution is 2.46. The van der Waals surface area contributed by atoms with E-state index in [1.54, 1.807) is 12.1 Å². The van der Waals surface area contributed by atoms with E-state index in [2.05, 4.69) is 32.0 Å². The van der Waals surface area contributed by atoms with Gasteiger partial charge in [-0.25, -0.2) is 4.39 Å². The third-order valence-corrected chi connectivity index (χ3v) is 7.49. The van der Waals surface area contributed by atoms with Gasteiger partial charge in [-0.2, -0.15) is 5.26 Å². The lowest BCUT2D eigenvalue weighted by Gasteiger charge is -2.25. The van der Waals surface area contributed by atoms with E-state index in [0.717, 1.165) is 92.3 Å². The molecule has 35 heavy (non-hydrogen) atoms. The number of fused-ring (bicyclic) bond motifs is 1. The van der Waals surface area contributed by atoms with Crippen molar-refractivity contribution in [1.82, 2.24) is 4.98 Å². The van der Waals surface area contributed by atoms with Crippen LogP contribution in [0.4, 0.5) is 4.39 Å². The van der Waals surface area contributed by atoms with Crippen LogP contribution in [0.3, 0.4) is 0 Å². The number of halogens is 1. The molecular formula is C32H37FN2. The Bertz CT molecular complexity index is 1180. The lowest BCUT2D eigenvalue weighted by Crippen LogP contribution is -2.26. The molecule has 0 aliphatic heterocycles. The maximum Gasteiger partial charge on any atom is 0.131 e. The zero-order chi connectivity index (χ0) is 24.7. The Morgan fingerprint density at radius 3 is 2.29 bits per heavy atom. The summed E-state index contributed by atoms with van der Waals surface area (Å²) in [4.78, 5) is 5.30. The summed E-state index contributed by atoms with van der Waals surface area (Å²) < 4.78 is 15.3. The number of hydrogen-bond donors (Lipinski definition) is 0. The van der Waals surface area contributed by atoms with Gasteiger partial charge in [0.2, 0.25) is 0 Å². The maximum atomic E-state index is 15.3. The quantitative estimate of drug-likeness (QED) is 0.265. The Labute approximate surface area is 210 Å². The molecule has 3 aromatic rings. The van der Waals surface area contributed by atoms with Gasteiger partial charge in [-0.1, -0.05) is 88.1 Å². The smallest absolute Gasteiger partial charge is 0.131 e. The Morgan fingerprint density at radius 1 is 0.914 bits per heavy atom. The molecule has 182 valence electrons. The van der Waals surface area contributed by atoms with Crippen LogP contribution in [-0.4, -0.2) is 4.98 Å². The first kappa shape index (κ1) is 25.1. The van der Waals surface area contributed by atoms with Gasteiger partial charge < -0.3 is 0 Å². The van der Waals surface area contributed by atoms with Crippen molar-refractivity contribution >= 4 is 0 Å². The molecule has 0 saturated heterocycles. The van der Waals surface area contributed by atoms with Gasteiger partial charge in [0.25, 0.3) is 0 Å². The monoisotopic (exact) mass is 468 g/mol. The molecule has 1 aliphatic rings. The summed E-state index contributed by atoms with van der Waals surface area (Å²) in [7, 11) is 0. The van der Waals surface area contributed by atoms with Gasteiger partial charge in [-0.15, -0.1) is 0 Å². The third-order valence-electron chi connectivity index (χ3n) is 7.49. The number of nitriles is 1. The molecule has 0 spiro atoms. The van der Waals surface area contributed by atoms with Crippen LogP contribution in [0.5, 0.6) is 0 Å².